The van der Waals surface area contributed by atoms with E-state index in [1.807, 2.05) is 12.1 Å². The third kappa shape index (κ3) is 3.41. The van der Waals surface area contributed by atoms with Crippen molar-refractivity contribution in [2.45, 2.75) is 18.2 Å². The highest BCUT2D eigenvalue weighted by Gasteiger charge is 2.58. The third-order valence-electron chi connectivity index (χ3n) is 10.1. The summed E-state index contributed by atoms with van der Waals surface area (Å²) < 4.78 is 0. The Morgan fingerprint density at radius 1 is 0.500 bits per heavy atom. The average molecular weight is 595 g/mol. The number of hydrogen-bond donors (Lipinski definition) is 0. The van der Waals surface area contributed by atoms with Crippen LogP contribution in [0.4, 0.5) is 34.4 Å². The van der Waals surface area contributed by atoms with Gasteiger partial charge in [0.2, 0.25) is 0 Å². The maximum Gasteiger partial charge on any atom is 0.179 e. The van der Waals surface area contributed by atoms with Gasteiger partial charge in [0.1, 0.15) is 12.3 Å². The van der Waals surface area contributed by atoms with Gasteiger partial charge in [-0.15, -0.1) is 0 Å². The van der Waals surface area contributed by atoms with Crippen molar-refractivity contribution < 1.29 is 0 Å². The standard InChI is InChI=1S/C40H30N6/c1-26-29-18-8-12-22-33(29)44-25-24-43(27-14-4-2-5-15-27)39(44)36-35(26)30-19-9-13-23-34(30)46-38-37(41-31-20-10-11-21-32(31)42-38)45(40(36)46)28-16-6-3-7-17-28/h2-25,35-36,39-40H,1H2. The second-order valence-electron chi connectivity index (χ2n) is 12.4. The molecule has 4 atom stereocenters. The first kappa shape index (κ1) is 25.4. The van der Waals surface area contributed by atoms with Crippen LogP contribution < -0.4 is 19.6 Å². The molecule has 0 bridgehead atoms. The van der Waals surface area contributed by atoms with Crippen LogP contribution in [0.5, 0.6) is 0 Å². The van der Waals surface area contributed by atoms with Crippen molar-refractivity contribution >= 4 is 51.0 Å². The fraction of sp³-hybridized carbons (Fsp3) is 0.100. The molecule has 220 valence electrons. The Kier molecular flexibility index (Phi) is 5.29. The van der Waals surface area contributed by atoms with Gasteiger partial charge < -0.3 is 19.6 Å². The third-order valence-corrected chi connectivity index (χ3v) is 10.1. The van der Waals surface area contributed by atoms with Gasteiger partial charge in [0.15, 0.2) is 11.6 Å². The second-order valence-corrected chi connectivity index (χ2v) is 12.4. The minimum absolute atomic E-state index is 0.0179. The molecule has 0 spiro atoms. The maximum absolute atomic E-state index is 5.35. The zero-order chi connectivity index (χ0) is 30.4. The molecule has 0 radical (unpaired) electrons. The lowest BCUT2D eigenvalue weighted by atomic mass is 9.72. The van der Waals surface area contributed by atoms with E-state index in [0.717, 1.165) is 45.3 Å². The Morgan fingerprint density at radius 2 is 1.07 bits per heavy atom. The van der Waals surface area contributed by atoms with Crippen LogP contribution >= 0.6 is 0 Å². The Bertz CT molecular complexity index is 2200. The summed E-state index contributed by atoms with van der Waals surface area (Å²) in [6.45, 7) is 4.89. The maximum atomic E-state index is 5.35. The largest absolute Gasteiger partial charge is 0.325 e. The number of rotatable bonds is 2. The van der Waals surface area contributed by atoms with E-state index in [4.69, 9.17) is 16.5 Å². The zero-order valence-corrected chi connectivity index (χ0v) is 25.1. The lowest BCUT2D eigenvalue weighted by Gasteiger charge is -2.50. The topological polar surface area (TPSA) is 38.7 Å². The van der Waals surface area contributed by atoms with E-state index in [1.165, 1.54) is 16.8 Å². The smallest absolute Gasteiger partial charge is 0.179 e. The minimum atomic E-state index is -0.140. The average Bonchev–Trinajstić information content (AvgIpc) is 3.67. The van der Waals surface area contributed by atoms with Crippen molar-refractivity contribution in [2.24, 2.45) is 5.92 Å². The SMILES string of the molecule is C=C1c2ccccc2N2C=CN(c3ccccc3)C2C2C1c1ccccc1N1c3nc4ccccc4nc3N(c3ccccc3)C21. The van der Waals surface area contributed by atoms with Gasteiger partial charge in [0.25, 0.3) is 0 Å². The first-order valence-electron chi connectivity index (χ1n) is 15.9. The van der Waals surface area contributed by atoms with Crippen LogP contribution in [0, 0.1) is 5.92 Å². The summed E-state index contributed by atoms with van der Waals surface area (Å²) in [5, 5.41) is 0. The van der Waals surface area contributed by atoms with Crippen molar-refractivity contribution in [1.82, 2.24) is 9.97 Å². The van der Waals surface area contributed by atoms with Gasteiger partial charge in [-0.05, 0) is 59.7 Å². The molecule has 0 N–H and O–H groups in total. The van der Waals surface area contributed by atoms with Gasteiger partial charge in [0.05, 0.1) is 16.7 Å². The van der Waals surface area contributed by atoms with E-state index < -0.39 is 0 Å². The van der Waals surface area contributed by atoms with E-state index in [-0.39, 0.29) is 24.2 Å². The molecule has 0 aliphatic carbocycles. The quantitative estimate of drug-likeness (QED) is 0.200. The van der Waals surface area contributed by atoms with E-state index in [2.05, 4.69) is 153 Å². The van der Waals surface area contributed by atoms with E-state index in [1.54, 1.807) is 0 Å². The fourth-order valence-corrected chi connectivity index (χ4v) is 8.26. The summed E-state index contributed by atoms with van der Waals surface area (Å²) in [5.41, 5.74) is 9.95. The van der Waals surface area contributed by atoms with Crippen LogP contribution in [-0.4, -0.2) is 22.3 Å². The van der Waals surface area contributed by atoms with Crippen molar-refractivity contribution in [2.75, 3.05) is 19.6 Å². The fourth-order valence-electron chi connectivity index (χ4n) is 8.26. The number of anilines is 6. The molecule has 0 amide bonds. The van der Waals surface area contributed by atoms with Crippen molar-refractivity contribution in [3.05, 3.63) is 164 Å². The number of allylic oxidation sites excluding steroid dienone is 1. The minimum Gasteiger partial charge on any atom is -0.325 e. The molecule has 6 nitrogen and oxygen atoms in total. The van der Waals surface area contributed by atoms with Gasteiger partial charge >= 0.3 is 0 Å². The molecule has 0 saturated heterocycles. The van der Waals surface area contributed by atoms with Gasteiger partial charge in [-0.1, -0.05) is 91.5 Å². The normalized spacial score (nSPS) is 22.1. The molecular formula is C40H30N6. The molecule has 4 unspecified atom stereocenters. The van der Waals surface area contributed by atoms with E-state index in [0.29, 0.717) is 0 Å². The summed E-state index contributed by atoms with van der Waals surface area (Å²) in [7, 11) is 0. The molecule has 1 aromatic heterocycles. The van der Waals surface area contributed by atoms with E-state index in [9.17, 15) is 0 Å². The van der Waals surface area contributed by atoms with Crippen LogP contribution in [0.15, 0.2) is 152 Å². The first-order valence-corrected chi connectivity index (χ1v) is 15.9. The highest BCUT2D eigenvalue weighted by molar-refractivity contribution is 5.94. The number of para-hydroxylation sites is 6. The summed E-state index contributed by atoms with van der Waals surface area (Å²) in [4.78, 5) is 20.5. The predicted octanol–water partition coefficient (Wildman–Crippen LogP) is 8.81. The van der Waals surface area contributed by atoms with Crippen molar-refractivity contribution in [3.63, 3.8) is 0 Å². The molecule has 10 rings (SSSR count). The number of aromatic nitrogens is 2. The summed E-state index contributed by atoms with van der Waals surface area (Å²) in [5.74, 6) is 1.80. The molecule has 4 aliphatic heterocycles. The lowest BCUT2D eigenvalue weighted by Crippen LogP contribution is -2.59. The zero-order valence-electron chi connectivity index (χ0n) is 25.1. The van der Waals surface area contributed by atoms with E-state index >= 15 is 0 Å². The van der Waals surface area contributed by atoms with Crippen LogP contribution in [0.25, 0.3) is 16.6 Å². The van der Waals surface area contributed by atoms with Crippen LogP contribution in [-0.2, 0) is 0 Å². The van der Waals surface area contributed by atoms with Gasteiger partial charge in [-0.2, -0.15) is 0 Å². The molecule has 6 heteroatoms. The molecule has 5 heterocycles. The molecule has 5 aromatic carbocycles. The van der Waals surface area contributed by atoms with Gasteiger partial charge in [-0.3, -0.25) is 0 Å². The number of nitrogens with zero attached hydrogens (tertiary/aromatic N) is 6. The lowest BCUT2D eigenvalue weighted by molar-refractivity contribution is 0.326. The summed E-state index contributed by atoms with van der Waals surface area (Å²) in [6.07, 6.45) is 4.30. The van der Waals surface area contributed by atoms with Crippen LogP contribution in [0.3, 0.4) is 0 Å². The number of fused-ring (bicyclic) bond motifs is 13. The van der Waals surface area contributed by atoms with Crippen LogP contribution in [0.2, 0.25) is 0 Å². The molecule has 0 saturated carbocycles. The molecule has 0 fully saturated rings. The molecule has 6 aromatic rings. The summed E-state index contributed by atoms with van der Waals surface area (Å²) in [6, 6.07) is 47.2. The number of benzene rings is 5. The Morgan fingerprint density at radius 3 is 1.80 bits per heavy atom. The van der Waals surface area contributed by atoms with Crippen molar-refractivity contribution in [3.8, 4) is 0 Å². The Balaban J connectivity index is 1.30. The summed E-state index contributed by atoms with van der Waals surface area (Å²) >= 11 is 0. The van der Waals surface area contributed by atoms with Crippen molar-refractivity contribution in [1.29, 1.82) is 0 Å². The molecule has 46 heavy (non-hydrogen) atoms. The Labute approximate surface area is 267 Å². The first-order chi connectivity index (χ1) is 22.8. The molecular weight excluding hydrogens is 564 g/mol. The number of hydrogen-bond acceptors (Lipinski definition) is 6. The highest BCUT2D eigenvalue weighted by atomic mass is 15.5. The Hall–Kier alpha value is -5.88. The monoisotopic (exact) mass is 594 g/mol. The van der Waals surface area contributed by atoms with Gasteiger partial charge in [-0.25, -0.2) is 9.97 Å². The van der Waals surface area contributed by atoms with Gasteiger partial charge in [0, 0.05) is 46.9 Å². The predicted molar refractivity (Wildman–Crippen MR) is 187 cm³/mol. The molecule has 4 aliphatic rings. The van der Waals surface area contributed by atoms with Crippen LogP contribution in [0.1, 0.15) is 17.0 Å². The second kappa shape index (κ2) is 9.56. The highest BCUT2D eigenvalue weighted by Crippen LogP contribution is 2.61.